The Hall–Kier alpha value is -2.72. The molecule has 1 aromatic heterocycles. The normalized spacial score (nSPS) is 11.8. The highest BCUT2D eigenvalue weighted by Crippen LogP contribution is 2.34. The largest absolute Gasteiger partial charge is 0.346 e. The van der Waals surface area contributed by atoms with Crippen molar-refractivity contribution in [3.05, 3.63) is 74.5 Å². The summed E-state index contributed by atoms with van der Waals surface area (Å²) in [5.41, 5.74) is 0.985. The standard InChI is InChI=1S/C18H16BrN5O3S/c1-11(12-4-3-5-14(19)8-12)21-17(25)13-6-7-16(15(9-13)24(26)27)28-18-22-20-10-23(18)2/h3-11H,1-2H3,(H,21,25). The van der Waals surface area contributed by atoms with Crippen molar-refractivity contribution < 1.29 is 9.72 Å². The number of rotatable bonds is 6. The van der Waals surface area contributed by atoms with Crippen LogP contribution in [0.25, 0.3) is 0 Å². The number of nitro benzene ring substituents is 1. The fourth-order valence-corrected chi connectivity index (χ4v) is 3.76. The van der Waals surface area contributed by atoms with Gasteiger partial charge in [0, 0.05) is 23.2 Å². The fraction of sp³-hybridized carbons (Fsp3) is 0.167. The summed E-state index contributed by atoms with van der Waals surface area (Å²) in [6.45, 7) is 1.85. The van der Waals surface area contributed by atoms with Gasteiger partial charge >= 0.3 is 0 Å². The Kier molecular flexibility index (Phi) is 6.10. The zero-order chi connectivity index (χ0) is 20.3. The molecule has 0 aliphatic rings. The fourth-order valence-electron chi connectivity index (χ4n) is 2.49. The first-order valence-electron chi connectivity index (χ1n) is 8.22. The third kappa shape index (κ3) is 4.57. The van der Waals surface area contributed by atoms with Gasteiger partial charge in [0.2, 0.25) is 0 Å². The van der Waals surface area contributed by atoms with Gasteiger partial charge in [-0.2, -0.15) is 0 Å². The van der Waals surface area contributed by atoms with Gasteiger partial charge in [0.25, 0.3) is 11.6 Å². The second-order valence-electron chi connectivity index (χ2n) is 6.02. The van der Waals surface area contributed by atoms with Gasteiger partial charge in [0.15, 0.2) is 5.16 Å². The highest BCUT2D eigenvalue weighted by atomic mass is 79.9. The molecule has 0 aliphatic heterocycles. The van der Waals surface area contributed by atoms with E-state index in [4.69, 9.17) is 0 Å². The van der Waals surface area contributed by atoms with Gasteiger partial charge in [-0.25, -0.2) is 0 Å². The van der Waals surface area contributed by atoms with Crippen LogP contribution in [0.15, 0.2) is 63.3 Å². The molecule has 1 heterocycles. The van der Waals surface area contributed by atoms with Crippen LogP contribution < -0.4 is 5.32 Å². The van der Waals surface area contributed by atoms with E-state index in [1.807, 2.05) is 31.2 Å². The Morgan fingerprint density at radius 2 is 2.11 bits per heavy atom. The predicted molar refractivity (Wildman–Crippen MR) is 108 cm³/mol. The summed E-state index contributed by atoms with van der Waals surface area (Å²) in [6, 6.07) is 11.7. The zero-order valence-corrected chi connectivity index (χ0v) is 17.4. The monoisotopic (exact) mass is 461 g/mol. The zero-order valence-electron chi connectivity index (χ0n) is 15.0. The SMILES string of the molecule is CC(NC(=O)c1ccc(Sc2nncn2C)c([N+](=O)[O-])c1)c1cccc(Br)c1. The van der Waals surface area contributed by atoms with E-state index < -0.39 is 4.92 Å². The third-order valence-electron chi connectivity index (χ3n) is 3.99. The first kappa shape index (κ1) is 20.0. The van der Waals surface area contributed by atoms with Gasteiger partial charge in [-0.3, -0.25) is 14.9 Å². The topological polar surface area (TPSA) is 103 Å². The van der Waals surface area contributed by atoms with Gasteiger partial charge in [-0.1, -0.05) is 28.1 Å². The summed E-state index contributed by atoms with van der Waals surface area (Å²) in [6.07, 6.45) is 1.51. The minimum Gasteiger partial charge on any atom is -0.346 e. The van der Waals surface area contributed by atoms with E-state index in [9.17, 15) is 14.9 Å². The number of nitrogens with zero attached hydrogens (tertiary/aromatic N) is 4. The number of carbonyl (C=O) groups is 1. The number of amides is 1. The number of aryl methyl sites for hydroxylation is 1. The molecule has 0 fully saturated rings. The number of halogens is 1. The van der Waals surface area contributed by atoms with Gasteiger partial charge < -0.3 is 9.88 Å². The van der Waals surface area contributed by atoms with Crippen molar-refractivity contribution in [1.29, 1.82) is 0 Å². The lowest BCUT2D eigenvalue weighted by Crippen LogP contribution is -2.26. The van der Waals surface area contributed by atoms with Gasteiger partial charge in [0.1, 0.15) is 6.33 Å². The van der Waals surface area contributed by atoms with E-state index in [0.717, 1.165) is 21.8 Å². The van der Waals surface area contributed by atoms with Crippen molar-refractivity contribution in [2.24, 2.45) is 7.05 Å². The molecule has 2 aromatic carbocycles. The van der Waals surface area contributed by atoms with Crippen molar-refractivity contribution in [1.82, 2.24) is 20.1 Å². The Balaban J connectivity index is 1.82. The lowest BCUT2D eigenvalue weighted by atomic mass is 10.1. The van der Waals surface area contributed by atoms with Crippen molar-refractivity contribution in [3.8, 4) is 0 Å². The summed E-state index contributed by atoms with van der Waals surface area (Å²) in [5.74, 6) is -0.384. The molecule has 8 nitrogen and oxygen atoms in total. The Morgan fingerprint density at radius 1 is 1.32 bits per heavy atom. The van der Waals surface area contributed by atoms with E-state index in [1.165, 1.54) is 12.4 Å². The number of hydrogen-bond acceptors (Lipinski definition) is 6. The van der Waals surface area contributed by atoms with Crippen molar-refractivity contribution in [2.45, 2.75) is 23.0 Å². The summed E-state index contributed by atoms with van der Waals surface area (Å²) < 4.78 is 2.57. The van der Waals surface area contributed by atoms with E-state index >= 15 is 0 Å². The molecule has 3 rings (SSSR count). The number of benzene rings is 2. The second-order valence-corrected chi connectivity index (χ2v) is 7.94. The van der Waals surface area contributed by atoms with Crippen LogP contribution in [0.5, 0.6) is 0 Å². The third-order valence-corrected chi connectivity index (χ3v) is 5.60. The first-order chi connectivity index (χ1) is 13.3. The molecular weight excluding hydrogens is 446 g/mol. The van der Waals surface area contributed by atoms with Crippen molar-refractivity contribution >= 4 is 39.3 Å². The number of nitrogens with one attached hydrogen (secondary N) is 1. The smallest absolute Gasteiger partial charge is 0.284 e. The lowest BCUT2D eigenvalue weighted by Gasteiger charge is -2.15. The van der Waals surface area contributed by atoms with Gasteiger partial charge in [-0.15, -0.1) is 10.2 Å². The number of nitro groups is 1. The van der Waals surface area contributed by atoms with Crippen LogP contribution in [0, 0.1) is 10.1 Å². The molecule has 1 amide bonds. The minimum atomic E-state index is -0.507. The Morgan fingerprint density at radius 3 is 2.75 bits per heavy atom. The summed E-state index contributed by atoms with van der Waals surface area (Å²) in [4.78, 5) is 24.0. The van der Waals surface area contributed by atoms with Crippen LogP contribution >= 0.6 is 27.7 Å². The number of carbonyl (C=O) groups excluding carboxylic acids is 1. The molecule has 1 unspecified atom stereocenters. The molecule has 0 bridgehead atoms. The second kappa shape index (κ2) is 8.53. The molecule has 0 spiro atoms. The molecule has 0 saturated carbocycles. The predicted octanol–water partition coefficient (Wildman–Crippen LogP) is 4.13. The average molecular weight is 462 g/mol. The lowest BCUT2D eigenvalue weighted by molar-refractivity contribution is -0.387. The first-order valence-corrected chi connectivity index (χ1v) is 9.82. The van der Waals surface area contributed by atoms with E-state index in [-0.39, 0.29) is 23.2 Å². The molecule has 3 aromatic rings. The Bertz CT molecular complexity index is 1040. The van der Waals surface area contributed by atoms with Crippen LogP contribution in [0.1, 0.15) is 28.9 Å². The van der Waals surface area contributed by atoms with Crippen LogP contribution in [0.2, 0.25) is 0 Å². The highest BCUT2D eigenvalue weighted by Gasteiger charge is 2.21. The molecule has 0 radical (unpaired) electrons. The molecular formula is C18H16BrN5O3S. The molecule has 10 heteroatoms. The van der Waals surface area contributed by atoms with Gasteiger partial charge in [0.05, 0.1) is 15.9 Å². The van der Waals surface area contributed by atoms with E-state index in [0.29, 0.717) is 10.1 Å². The maximum absolute atomic E-state index is 12.6. The quantitative estimate of drug-likeness (QED) is 0.437. The molecule has 1 atom stereocenters. The van der Waals surface area contributed by atoms with Gasteiger partial charge in [-0.05, 0) is 48.5 Å². The van der Waals surface area contributed by atoms with E-state index in [2.05, 4.69) is 31.4 Å². The molecule has 1 N–H and O–H groups in total. The summed E-state index contributed by atoms with van der Waals surface area (Å²) in [7, 11) is 1.75. The molecule has 0 saturated heterocycles. The highest BCUT2D eigenvalue weighted by molar-refractivity contribution is 9.10. The maximum Gasteiger partial charge on any atom is 0.284 e. The van der Waals surface area contributed by atoms with Crippen LogP contribution in [-0.4, -0.2) is 25.6 Å². The number of aromatic nitrogens is 3. The summed E-state index contributed by atoms with van der Waals surface area (Å²) in [5, 5.41) is 22.6. The number of hydrogen-bond donors (Lipinski definition) is 1. The van der Waals surface area contributed by atoms with E-state index in [1.54, 1.807) is 23.7 Å². The molecule has 144 valence electrons. The van der Waals surface area contributed by atoms with Crippen molar-refractivity contribution in [3.63, 3.8) is 0 Å². The summed E-state index contributed by atoms with van der Waals surface area (Å²) >= 11 is 4.52. The minimum absolute atomic E-state index is 0.157. The molecule has 28 heavy (non-hydrogen) atoms. The van der Waals surface area contributed by atoms with Crippen LogP contribution in [0.4, 0.5) is 5.69 Å². The Labute approximate surface area is 173 Å². The van der Waals surface area contributed by atoms with Crippen LogP contribution in [0.3, 0.4) is 0 Å². The van der Waals surface area contributed by atoms with Crippen LogP contribution in [-0.2, 0) is 7.05 Å². The molecule has 0 aliphatic carbocycles. The average Bonchev–Trinajstić information content (AvgIpc) is 3.06. The maximum atomic E-state index is 12.6. The van der Waals surface area contributed by atoms with Crippen molar-refractivity contribution in [2.75, 3.05) is 0 Å².